The molecule has 0 radical (unpaired) electrons. The van der Waals surface area contributed by atoms with Crippen molar-refractivity contribution >= 4 is 12.2 Å². The standard InChI is InChI=1S/C22H34N2O4/c1-22(2,3)28-20(25)23-19(15-24(4)21(26)27)18(17-12-8-9-13-17)14-16-10-6-5-7-11-16/h5-7,10-11,17-19H,8-9,12-15H2,1-4H3,(H,23,25)(H,26,27). The first-order valence-corrected chi connectivity index (χ1v) is 10.1. The number of amides is 2. The topological polar surface area (TPSA) is 78.9 Å². The van der Waals surface area contributed by atoms with E-state index in [0.717, 1.165) is 19.3 Å². The molecular weight excluding hydrogens is 356 g/mol. The molecule has 0 spiro atoms. The molecule has 156 valence electrons. The van der Waals surface area contributed by atoms with Crippen molar-refractivity contribution in [1.82, 2.24) is 10.2 Å². The van der Waals surface area contributed by atoms with Gasteiger partial charge in [0.1, 0.15) is 5.60 Å². The van der Waals surface area contributed by atoms with Gasteiger partial charge >= 0.3 is 12.2 Å². The monoisotopic (exact) mass is 390 g/mol. The summed E-state index contributed by atoms with van der Waals surface area (Å²) in [4.78, 5) is 25.2. The van der Waals surface area contributed by atoms with Crippen molar-refractivity contribution in [3.05, 3.63) is 35.9 Å². The van der Waals surface area contributed by atoms with E-state index in [9.17, 15) is 14.7 Å². The summed E-state index contributed by atoms with van der Waals surface area (Å²) in [5, 5.41) is 12.4. The van der Waals surface area contributed by atoms with Crippen LogP contribution in [0, 0.1) is 11.8 Å². The summed E-state index contributed by atoms with van der Waals surface area (Å²) in [6.45, 7) is 5.71. The number of benzene rings is 1. The second kappa shape index (κ2) is 9.80. The number of ether oxygens (including phenoxy) is 1. The van der Waals surface area contributed by atoms with E-state index >= 15 is 0 Å². The Hall–Kier alpha value is -2.24. The predicted octanol–water partition coefficient (Wildman–Crippen LogP) is 4.54. The Morgan fingerprint density at radius 3 is 2.36 bits per heavy atom. The van der Waals surface area contributed by atoms with Gasteiger partial charge in [-0.15, -0.1) is 0 Å². The summed E-state index contributed by atoms with van der Waals surface area (Å²) in [5.41, 5.74) is 0.601. The molecule has 2 atom stereocenters. The van der Waals surface area contributed by atoms with Gasteiger partial charge in [-0.25, -0.2) is 9.59 Å². The van der Waals surface area contributed by atoms with Crippen LogP contribution in [-0.2, 0) is 11.2 Å². The molecule has 6 heteroatoms. The number of hydrogen-bond donors (Lipinski definition) is 2. The number of likely N-dealkylation sites (N-methyl/N-ethyl adjacent to an activating group) is 1. The average Bonchev–Trinajstić information content (AvgIpc) is 3.12. The van der Waals surface area contributed by atoms with Crippen LogP contribution in [0.25, 0.3) is 0 Å². The Labute approximate surface area is 168 Å². The summed E-state index contributed by atoms with van der Waals surface area (Å²) in [6.07, 6.45) is 3.91. The number of carbonyl (C=O) groups excluding carboxylic acids is 1. The van der Waals surface area contributed by atoms with Gasteiger partial charge in [0.05, 0.1) is 6.04 Å². The minimum absolute atomic E-state index is 0.152. The minimum atomic E-state index is -0.999. The fourth-order valence-corrected chi connectivity index (χ4v) is 4.03. The second-order valence-electron chi connectivity index (χ2n) is 8.81. The molecule has 28 heavy (non-hydrogen) atoms. The molecule has 0 aliphatic heterocycles. The molecule has 1 fully saturated rings. The van der Waals surface area contributed by atoms with Crippen molar-refractivity contribution in [2.45, 2.75) is 64.5 Å². The highest BCUT2D eigenvalue weighted by Gasteiger charge is 2.34. The van der Waals surface area contributed by atoms with Crippen molar-refractivity contribution in [2.24, 2.45) is 11.8 Å². The maximum atomic E-state index is 12.5. The van der Waals surface area contributed by atoms with Crippen LogP contribution in [0.15, 0.2) is 30.3 Å². The number of carboxylic acid groups (broad SMARTS) is 1. The number of carbonyl (C=O) groups is 2. The smallest absolute Gasteiger partial charge is 0.407 e. The highest BCUT2D eigenvalue weighted by Crippen LogP contribution is 2.35. The molecule has 0 saturated heterocycles. The van der Waals surface area contributed by atoms with Crippen LogP contribution in [0.4, 0.5) is 9.59 Å². The number of alkyl carbamates (subject to hydrolysis) is 1. The largest absolute Gasteiger partial charge is 0.465 e. The molecule has 1 aliphatic rings. The summed E-state index contributed by atoms with van der Waals surface area (Å²) in [6, 6.07) is 9.89. The van der Waals surface area contributed by atoms with Gasteiger partial charge in [0.15, 0.2) is 0 Å². The lowest BCUT2D eigenvalue weighted by Gasteiger charge is -2.35. The number of hydrogen-bond acceptors (Lipinski definition) is 3. The molecule has 1 aliphatic carbocycles. The van der Waals surface area contributed by atoms with E-state index in [1.807, 2.05) is 39.0 Å². The third-order valence-electron chi connectivity index (χ3n) is 5.34. The molecule has 2 amide bonds. The van der Waals surface area contributed by atoms with Crippen LogP contribution in [0.5, 0.6) is 0 Å². The summed E-state index contributed by atoms with van der Waals surface area (Å²) < 4.78 is 5.46. The van der Waals surface area contributed by atoms with Gasteiger partial charge in [-0.3, -0.25) is 0 Å². The fourth-order valence-electron chi connectivity index (χ4n) is 4.03. The molecule has 0 bridgehead atoms. The fraction of sp³-hybridized carbons (Fsp3) is 0.636. The molecule has 6 nitrogen and oxygen atoms in total. The third kappa shape index (κ3) is 7.06. The van der Waals surface area contributed by atoms with Crippen LogP contribution in [0.3, 0.4) is 0 Å². The summed E-state index contributed by atoms with van der Waals surface area (Å²) >= 11 is 0. The first-order chi connectivity index (χ1) is 13.2. The van der Waals surface area contributed by atoms with Crippen molar-refractivity contribution in [3.8, 4) is 0 Å². The second-order valence-corrected chi connectivity index (χ2v) is 8.81. The van der Waals surface area contributed by atoms with E-state index in [1.54, 1.807) is 7.05 Å². The number of rotatable bonds is 7. The van der Waals surface area contributed by atoms with E-state index in [-0.39, 0.29) is 18.5 Å². The zero-order valence-corrected chi connectivity index (χ0v) is 17.5. The molecule has 2 N–H and O–H groups in total. The Balaban J connectivity index is 2.24. The maximum absolute atomic E-state index is 12.5. The molecular formula is C22H34N2O4. The van der Waals surface area contributed by atoms with Gasteiger partial charge in [-0.2, -0.15) is 0 Å². The molecule has 1 saturated carbocycles. The van der Waals surface area contributed by atoms with Crippen molar-refractivity contribution < 1.29 is 19.4 Å². The van der Waals surface area contributed by atoms with Gasteiger partial charge in [0.2, 0.25) is 0 Å². The zero-order valence-electron chi connectivity index (χ0n) is 17.5. The highest BCUT2D eigenvalue weighted by molar-refractivity contribution is 5.68. The summed E-state index contributed by atoms with van der Waals surface area (Å²) in [7, 11) is 1.54. The normalized spacial score (nSPS) is 17.0. The van der Waals surface area contributed by atoms with Crippen molar-refractivity contribution in [1.29, 1.82) is 0 Å². The highest BCUT2D eigenvalue weighted by atomic mass is 16.6. The van der Waals surface area contributed by atoms with Gasteiger partial charge in [-0.1, -0.05) is 56.0 Å². The van der Waals surface area contributed by atoms with Gasteiger partial charge in [0.25, 0.3) is 0 Å². The SMILES string of the molecule is CN(CC(NC(=O)OC(C)(C)C)C(Cc1ccccc1)C1CCCC1)C(=O)O. The van der Waals surface area contributed by atoms with Gasteiger partial charge in [0, 0.05) is 13.6 Å². The lowest BCUT2D eigenvalue weighted by atomic mass is 9.80. The first kappa shape index (κ1) is 22.1. The molecule has 2 rings (SSSR count). The maximum Gasteiger partial charge on any atom is 0.407 e. The Morgan fingerprint density at radius 2 is 1.82 bits per heavy atom. The Morgan fingerprint density at radius 1 is 1.21 bits per heavy atom. The Bertz CT molecular complexity index is 636. The first-order valence-electron chi connectivity index (χ1n) is 10.1. The van der Waals surface area contributed by atoms with E-state index in [4.69, 9.17) is 4.74 Å². The molecule has 0 aromatic heterocycles. The van der Waals surface area contributed by atoms with Crippen molar-refractivity contribution in [3.63, 3.8) is 0 Å². The van der Waals surface area contributed by atoms with E-state index in [1.165, 1.54) is 23.3 Å². The molecule has 2 unspecified atom stereocenters. The van der Waals surface area contributed by atoms with Crippen LogP contribution in [0.1, 0.15) is 52.0 Å². The number of nitrogens with zero attached hydrogens (tertiary/aromatic N) is 1. The third-order valence-corrected chi connectivity index (χ3v) is 5.34. The average molecular weight is 391 g/mol. The van der Waals surface area contributed by atoms with Crippen LogP contribution >= 0.6 is 0 Å². The zero-order chi connectivity index (χ0) is 20.7. The predicted molar refractivity (Wildman–Crippen MR) is 109 cm³/mol. The Kier molecular flexibility index (Phi) is 7.72. The van der Waals surface area contributed by atoms with Crippen LogP contribution in [-0.4, -0.2) is 47.4 Å². The minimum Gasteiger partial charge on any atom is -0.465 e. The molecule has 0 heterocycles. The van der Waals surface area contributed by atoms with Gasteiger partial charge in [-0.05, 0) is 44.6 Å². The number of nitrogens with one attached hydrogen (secondary N) is 1. The van der Waals surface area contributed by atoms with Crippen LogP contribution < -0.4 is 5.32 Å². The quantitative estimate of drug-likeness (QED) is 0.716. The van der Waals surface area contributed by atoms with E-state index < -0.39 is 17.8 Å². The lowest BCUT2D eigenvalue weighted by molar-refractivity contribution is 0.0451. The van der Waals surface area contributed by atoms with E-state index in [2.05, 4.69) is 17.4 Å². The van der Waals surface area contributed by atoms with E-state index in [0.29, 0.717) is 5.92 Å². The van der Waals surface area contributed by atoms with Gasteiger partial charge < -0.3 is 20.1 Å². The summed E-state index contributed by atoms with van der Waals surface area (Å²) in [5.74, 6) is 0.613. The lowest BCUT2D eigenvalue weighted by Crippen LogP contribution is -2.51. The van der Waals surface area contributed by atoms with Crippen molar-refractivity contribution in [2.75, 3.05) is 13.6 Å². The van der Waals surface area contributed by atoms with Crippen LogP contribution in [0.2, 0.25) is 0 Å². The molecule has 1 aromatic carbocycles. The molecule has 1 aromatic rings.